The van der Waals surface area contributed by atoms with Crippen molar-refractivity contribution in [2.45, 2.75) is 32.6 Å². The lowest BCUT2D eigenvalue weighted by Crippen LogP contribution is -2.32. The highest BCUT2D eigenvalue weighted by atomic mass is 32.1. The maximum Gasteiger partial charge on any atom is 0.252 e. The first-order chi connectivity index (χ1) is 8.70. The summed E-state index contributed by atoms with van der Waals surface area (Å²) in [5, 5.41) is 7.01. The second-order valence-corrected chi connectivity index (χ2v) is 6.04. The number of carbonyl (C=O) groups excluding carboxylic acids is 1. The molecular weight excluding hydrogens is 244 g/mol. The van der Waals surface area contributed by atoms with Crippen molar-refractivity contribution < 1.29 is 4.79 Å². The van der Waals surface area contributed by atoms with Gasteiger partial charge < -0.3 is 11.1 Å². The highest BCUT2D eigenvalue weighted by Gasteiger charge is 2.21. The van der Waals surface area contributed by atoms with Crippen molar-refractivity contribution in [3.63, 3.8) is 0 Å². The number of rotatable bonds is 4. The maximum absolute atomic E-state index is 12.0. The van der Waals surface area contributed by atoms with Gasteiger partial charge in [0.2, 0.25) is 0 Å². The van der Waals surface area contributed by atoms with Crippen molar-refractivity contribution >= 4 is 17.2 Å². The number of thiophene rings is 1. The Morgan fingerprint density at radius 1 is 1.33 bits per heavy atom. The summed E-state index contributed by atoms with van der Waals surface area (Å²) in [4.78, 5) is 12.0. The lowest BCUT2D eigenvalue weighted by Gasteiger charge is -2.27. The highest BCUT2D eigenvalue weighted by molar-refractivity contribution is 7.08. The highest BCUT2D eigenvalue weighted by Crippen LogP contribution is 2.27. The van der Waals surface area contributed by atoms with E-state index in [0.29, 0.717) is 11.8 Å². The number of hydrogen-bond acceptors (Lipinski definition) is 3. The minimum absolute atomic E-state index is 0.0784. The predicted molar refractivity (Wildman–Crippen MR) is 75.9 cm³/mol. The Morgan fingerprint density at radius 3 is 2.56 bits per heavy atom. The first kappa shape index (κ1) is 13.6. The Morgan fingerprint density at radius 2 is 2.00 bits per heavy atom. The molecule has 1 fully saturated rings. The summed E-state index contributed by atoms with van der Waals surface area (Å²) in [6.07, 6.45) is 4.83. The Bertz CT molecular complexity index is 394. The average Bonchev–Trinajstić information content (AvgIpc) is 2.83. The molecule has 1 aliphatic rings. The molecule has 0 saturated heterocycles. The van der Waals surface area contributed by atoms with Crippen LogP contribution in [0.3, 0.4) is 0 Å². The smallest absolute Gasteiger partial charge is 0.252 e. The lowest BCUT2D eigenvalue weighted by atomic mass is 9.82. The number of nitrogens with one attached hydrogen (secondary N) is 1. The molecular formula is C14H22N2OS. The summed E-state index contributed by atoms with van der Waals surface area (Å²) in [6, 6.07) is 0. The number of hydrogen-bond donors (Lipinski definition) is 2. The van der Waals surface area contributed by atoms with Crippen molar-refractivity contribution in [1.29, 1.82) is 0 Å². The molecule has 0 atom stereocenters. The van der Waals surface area contributed by atoms with Crippen molar-refractivity contribution in [3.8, 4) is 0 Å². The molecule has 3 nitrogen and oxygen atoms in total. The van der Waals surface area contributed by atoms with Gasteiger partial charge in [-0.15, -0.1) is 0 Å². The Labute approximate surface area is 113 Å². The molecule has 0 radical (unpaired) electrons. The second-order valence-electron chi connectivity index (χ2n) is 5.30. The molecule has 4 heteroatoms. The monoisotopic (exact) mass is 266 g/mol. The molecule has 1 heterocycles. The van der Waals surface area contributed by atoms with Gasteiger partial charge in [0.15, 0.2) is 0 Å². The summed E-state index contributed by atoms with van der Waals surface area (Å²) >= 11 is 1.58. The number of amides is 1. The van der Waals surface area contributed by atoms with Crippen molar-refractivity contribution in [2.75, 3.05) is 13.1 Å². The third-order valence-corrected chi connectivity index (χ3v) is 4.81. The van der Waals surface area contributed by atoms with Gasteiger partial charge in [-0.25, -0.2) is 0 Å². The summed E-state index contributed by atoms with van der Waals surface area (Å²) in [5.74, 6) is 1.42. The van der Waals surface area contributed by atoms with Gasteiger partial charge in [-0.1, -0.05) is 0 Å². The summed E-state index contributed by atoms with van der Waals surface area (Å²) in [6.45, 7) is 3.61. The van der Waals surface area contributed by atoms with E-state index in [-0.39, 0.29) is 5.91 Å². The van der Waals surface area contributed by atoms with Crippen LogP contribution in [0.15, 0.2) is 10.8 Å². The molecule has 0 bridgehead atoms. The fourth-order valence-corrected chi connectivity index (χ4v) is 3.42. The zero-order valence-corrected chi connectivity index (χ0v) is 11.8. The SMILES string of the molecule is Cc1cscc1C(=O)NCC1CCC(CN)CC1. The molecule has 1 amide bonds. The van der Waals surface area contributed by atoms with Gasteiger partial charge in [0.1, 0.15) is 0 Å². The molecule has 2 rings (SSSR count). The zero-order chi connectivity index (χ0) is 13.0. The van der Waals surface area contributed by atoms with Crippen LogP contribution in [0.25, 0.3) is 0 Å². The van der Waals surface area contributed by atoms with Crippen LogP contribution in [0.1, 0.15) is 41.6 Å². The van der Waals surface area contributed by atoms with Crippen molar-refractivity contribution in [1.82, 2.24) is 5.32 Å². The fraction of sp³-hybridized carbons (Fsp3) is 0.643. The topological polar surface area (TPSA) is 55.1 Å². The van der Waals surface area contributed by atoms with Crippen LogP contribution in [0, 0.1) is 18.8 Å². The van der Waals surface area contributed by atoms with Gasteiger partial charge in [0.05, 0.1) is 5.56 Å². The van der Waals surface area contributed by atoms with Gasteiger partial charge in [-0.05, 0) is 61.9 Å². The van der Waals surface area contributed by atoms with Crippen LogP contribution < -0.4 is 11.1 Å². The summed E-state index contributed by atoms with van der Waals surface area (Å²) in [7, 11) is 0. The minimum Gasteiger partial charge on any atom is -0.352 e. The minimum atomic E-state index is 0.0784. The molecule has 1 aromatic rings. The molecule has 1 aromatic heterocycles. The van der Waals surface area contributed by atoms with E-state index >= 15 is 0 Å². The molecule has 100 valence electrons. The van der Waals surface area contributed by atoms with E-state index in [0.717, 1.165) is 24.2 Å². The van der Waals surface area contributed by atoms with Crippen LogP contribution in [0.4, 0.5) is 0 Å². The summed E-state index contributed by atoms with van der Waals surface area (Å²) in [5.41, 5.74) is 7.59. The number of nitrogens with two attached hydrogens (primary N) is 1. The lowest BCUT2D eigenvalue weighted by molar-refractivity contribution is 0.0941. The van der Waals surface area contributed by atoms with E-state index in [4.69, 9.17) is 5.73 Å². The van der Waals surface area contributed by atoms with E-state index < -0.39 is 0 Å². The summed E-state index contributed by atoms with van der Waals surface area (Å²) < 4.78 is 0. The van der Waals surface area contributed by atoms with Gasteiger partial charge in [-0.2, -0.15) is 11.3 Å². The van der Waals surface area contributed by atoms with E-state index in [9.17, 15) is 4.79 Å². The standard InChI is InChI=1S/C14H22N2OS/c1-10-8-18-9-13(10)14(17)16-7-12-4-2-11(6-15)3-5-12/h8-9,11-12H,2-7,15H2,1H3,(H,16,17). The second kappa shape index (κ2) is 6.34. The molecule has 1 saturated carbocycles. The number of aryl methyl sites for hydroxylation is 1. The molecule has 1 aliphatic carbocycles. The van der Waals surface area contributed by atoms with E-state index in [1.165, 1.54) is 25.7 Å². The van der Waals surface area contributed by atoms with E-state index in [1.807, 2.05) is 17.7 Å². The zero-order valence-electron chi connectivity index (χ0n) is 10.9. The van der Waals surface area contributed by atoms with E-state index in [2.05, 4.69) is 5.32 Å². The molecule has 0 aliphatic heterocycles. The number of carbonyl (C=O) groups is 1. The van der Waals surface area contributed by atoms with Crippen LogP contribution in [0.2, 0.25) is 0 Å². The van der Waals surface area contributed by atoms with Crippen LogP contribution >= 0.6 is 11.3 Å². The molecule has 0 unspecified atom stereocenters. The van der Waals surface area contributed by atoms with Crippen molar-refractivity contribution in [3.05, 3.63) is 21.9 Å². The van der Waals surface area contributed by atoms with Crippen LogP contribution in [0.5, 0.6) is 0 Å². The van der Waals surface area contributed by atoms with Crippen LogP contribution in [-0.4, -0.2) is 19.0 Å². The predicted octanol–water partition coefficient (Wildman–Crippen LogP) is 2.55. The van der Waals surface area contributed by atoms with Gasteiger partial charge >= 0.3 is 0 Å². The van der Waals surface area contributed by atoms with Crippen molar-refractivity contribution in [2.24, 2.45) is 17.6 Å². The Balaban J connectivity index is 1.76. The fourth-order valence-electron chi connectivity index (χ4n) is 2.60. The average molecular weight is 266 g/mol. The Hall–Kier alpha value is -0.870. The van der Waals surface area contributed by atoms with Gasteiger partial charge in [0.25, 0.3) is 5.91 Å². The van der Waals surface area contributed by atoms with Crippen LogP contribution in [-0.2, 0) is 0 Å². The first-order valence-electron chi connectivity index (χ1n) is 6.71. The molecule has 18 heavy (non-hydrogen) atoms. The molecule has 0 spiro atoms. The largest absolute Gasteiger partial charge is 0.352 e. The molecule has 0 aromatic carbocycles. The first-order valence-corrected chi connectivity index (χ1v) is 7.66. The maximum atomic E-state index is 12.0. The Kier molecular flexibility index (Phi) is 4.78. The van der Waals surface area contributed by atoms with E-state index in [1.54, 1.807) is 11.3 Å². The quantitative estimate of drug-likeness (QED) is 0.880. The third kappa shape index (κ3) is 3.33. The van der Waals surface area contributed by atoms with Gasteiger partial charge in [-0.3, -0.25) is 4.79 Å². The normalized spacial score (nSPS) is 23.9. The van der Waals surface area contributed by atoms with Gasteiger partial charge in [0, 0.05) is 11.9 Å². The molecule has 3 N–H and O–H groups in total. The third-order valence-electron chi connectivity index (χ3n) is 3.95.